The molecule has 0 bridgehead atoms. The molecule has 0 amide bonds. The van der Waals surface area contributed by atoms with Crippen LogP contribution in [0.5, 0.6) is 0 Å². The quantitative estimate of drug-likeness (QED) is 0.835. The minimum atomic E-state index is 0.391. The molecule has 1 N–H and O–H groups in total. The first-order chi connectivity index (χ1) is 7.27. The fourth-order valence-electron chi connectivity index (χ4n) is 1.66. The highest BCUT2D eigenvalue weighted by Gasteiger charge is 2.10. The van der Waals surface area contributed by atoms with Crippen molar-refractivity contribution in [2.24, 2.45) is 0 Å². The Balaban J connectivity index is 2.60. The largest absolute Gasteiger partial charge is 0.387 e. The molecule has 2 aromatic rings. The summed E-state index contributed by atoms with van der Waals surface area (Å²) in [4.78, 5) is 4.38. The van der Waals surface area contributed by atoms with Gasteiger partial charge in [-0.05, 0) is 19.4 Å². The van der Waals surface area contributed by atoms with Gasteiger partial charge in [0.05, 0.1) is 17.6 Å². The molecule has 0 saturated carbocycles. The molecule has 1 unspecified atom stereocenters. The SMILES string of the molecule is CCC(C)n1ncc2c(NC)ccnc21. The first-order valence-electron chi connectivity index (χ1n) is 5.28. The zero-order valence-corrected chi connectivity index (χ0v) is 9.36. The third-order valence-corrected chi connectivity index (χ3v) is 2.78. The van der Waals surface area contributed by atoms with Gasteiger partial charge in [-0.25, -0.2) is 9.67 Å². The van der Waals surface area contributed by atoms with Crippen molar-refractivity contribution >= 4 is 16.7 Å². The van der Waals surface area contributed by atoms with Gasteiger partial charge >= 0.3 is 0 Å². The molecular weight excluding hydrogens is 188 g/mol. The second-order valence-corrected chi connectivity index (χ2v) is 3.69. The van der Waals surface area contributed by atoms with Gasteiger partial charge in [0.25, 0.3) is 0 Å². The molecule has 0 aromatic carbocycles. The Labute approximate surface area is 89.3 Å². The maximum atomic E-state index is 4.39. The zero-order chi connectivity index (χ0) is 10.8. The van der Waals surface area contributed by atoms with E-state index in [1.807, 2.05) is 30.2 Å². The molecule has 4 nitrogen and oxygen atoms in total. The van der Waals surface area contributed by atoms with E-state index in [1.165, 1.54) is 0 Å². The Hall–Kier alpha value is -1.58. The van der Waals surface area contributed by atoms with Crippen LogP contribution in [0, 0.1) is 0 Å². The molecule has 80 valence electrons. The molecule has 0 spiro atoms. The van der Waals surface area contributed by atoms with E-state index in [4.69, 9.17) is 0 Å². The summed E-state index contributed by atoms with van der Waals surface area (Å²) in [6.45, 7) is 4.31. The van der Waals surface area contributed by atoms with E-state index in [-0.39, 0.29) is 0 Å². The number of pyridine rings is 1. The average Bonchev–Trinajstić information content (AvgIpc) is 2.71. The Bertz CT molecular complexity index is 461. The van der Waals surface area contributed by atoms with E-state index in [0.717, 1.165) is 23.1 Å². The van der Waals surface area contributed by atoms with Crippen LogP contribution in [0.3, 0.4) is 0 Å². The third kappa shape index (κ3) is 1.56. The number of hydrogen-bond donors (Lipinski definition) is 1. The van der Waals surface area contributed by atoms with Crippen molar-refractivity contribution in [3.8, 4) is 0 Å². The van der Waals surface area contributed by atoms with E-state index in [2.05, 4.69) is 29.2 Å². The van der Waals surface area contributed by atoms with Crippen LogP contribution in [-0.4, -0.2) is 21.8 Å². The van der Waals surface area contributed by atoms with Crippen molar-refractivity contribution in [2.75, 3.05) is 12.4 Å². The summed E-state index contributed by atoms with van der Waals surface area (Å²) >= 11 is 0. The monoisotopic (exact) mass is 204 g/mol. The molecule has 0 radical (unpaired) electrons. The molecule has 2 heterocycles. The van der Waals surface area contributed by atoms with E-state index < -0.39 is 0 Å². The van der Waals surface area contributed by atoms with E-state index in [1.54, 1.807) is 0 Å². The average molecular weight is 204 g/mol. The second kappa shape index (κ2) is 3.88. The maximum Gasteiger partial charge on any atom is 0.160 e. The van der Waals surface area contributed by atoms with Crippen molar-refractivity contribution in [3.05, 3.63) is 18.5 Å². The van der Waals surface area contributed by atoms with Crippen LogP contribution in [0.4, 0.5) is 5.69 Å². The van der Waals surface area contributed by atoms with Gasteiger partial charge < -0.3 is 5.32 Å². The van der Waals surface area contributed by atoms with E-state index >= 15 is 0 Å². The van der Waals surface area contributed by atoms with Gasteiger partial charge in [0, 0.05) is 18.9 Å². The van der Waals surface area contributed by atoms with Crippen molar-refractivity contribution in [1.82, 2.24) is 14.8 Å². The van der Waals surface area contributed by atoms with Crippen LogP contribution < -0.4 is 5.32 Å². The molecule has 15 heavy (non-hydrogen) atoms. The smallest absolute Gasteiger partial charge is 0.160 e. The van der Waals surface area contributed by atoms with Gasteiger partial charge in [0.2, 0.25) is 0 Å². The molecule has 0 saturated heterocycles. The van der Waals surface area contributed by atoms with E-state index in [9.17, 15) is 0 Å². The number of nitrogens with zero attached hydrogens (tertiary/aromatic N) is 3. The number of rotatable bonds is 3. The first kappa shape index (κ1) is 9.96. The van der Waals surface area contributed by atoms with Crippen LogP contribution in [0.25, 0.3) is 11.0 Å². The summed E-state index contributed by atoms with van der Waals surface area (Å²) in [6.07, 6.45) is 4.75. The first-order valence-corrected chi connectivity index (χ1v) is 5.28. The van der Waals surface area contributed by atoms with Crippen molar-refractivity contribution in [3.63, 3.8) is 0 Å². The van der Waals surface area contributed by atoms with E-state index in [0.29, 0.717) is 6.04 Å². The lowest BCUT2D eigenvalue weighted by Crippen LogP contribution is -2.06. The number of hydrogen-bond acceptors (Lipinski definition) is 3. The lowest BCUT2D eigenvalue weighted by Gasteiger charge is -2.10. The predicted octanol–water partition coefficient (Wildman–Crippen LogP) is 2.44. The normalized spacial score (nSPS) is 13.0. The number of anilines is 1. The number of nitrogens with one attached hydrogen (secondary N) is 1. The van der Waals surface area contributed by atoms with Gasteiger partial charge in [-0.2, -0.15) is 5.10 Å². The fraction of sp³-hybridized carbons (Fsp3) is 0.455. The molecule has 4 heteroatoms. The van der Waals surface area contributed by atoms with Crippen LogP contribution in [0.1, 0.15) is 26.3 Å². The van der Waals surface area contributed by atoms with Crippen molar-refractivity contribution in [1.29, 1.82) is 0 Å². The summed E-state index contributed by atoms with van der Waals surface area (Å²) in [5.74, 6) is 0. The lowest BCUT2D eigenvalue weighted by atomic mass is 10.2. The molecule has 0 fully saturated rings. The highest BCUT2D eigenvalue weighted by atomic mass is 15.3. The third-order valence-electron chi connectivity index (χ3n) is 2.78. The summed E-state index contributed by atoms with van der Waals surface area (Å²) in [5, 5.41) is 8.62. The van der Waals surface area contributed by atoms with Gasteiger partial charge in [-0.1, -0.05) is 6.92 Å². The lowest BCUT2D eigenvalue weighted by molar-refractivity contribution is 0.490. The maximum absolute atomic E-state index is 4.39. The highest BCUT2D eigenvalue weighted by Crippen LogP contribution is 2.23. The molecule has 0 aliphatic carbocycles. The molecule has 2 rings (SSSR count). The summed E-state index contributed by atoms with van der Waals surface area (Å²) in [6, 6.07) is 2.35. The van der Waals surface area contributed by atoms with Gasteiger partial charge in [-0.15, -0.1) is 0 Å². The summed E-state index contributed by atoms with van der Waals surface area (Å²) in [5.41, 5.74) is 2.03. The van der Waals surface area contributed by atoms with Crippen molar-refractivity contribution in [2.45, 2.75) is 26.3 Å². The second-order valence-electron chi connectivity index (χ2n) is 3.69. The summed E-state index contributed by atoms with van der Waals surface area (Å²) < 4.78 is 1.98. The van der Waals surface area contributed by atoms with Gasteiger partial charge in [0.15, 0.2) is 5.65 Å². The minimum absolute atomic E-state index is 0.391. The number of fused-ring (bicyclic) bond motifs is 1. The molecule has 0 aliphatic rings. The van der Waals surface area contributed by atoms with Crippen molar-refractivity contribution < 1.29 is 0 Å². The highest BCUT2D eigenvalue weighted by molar-refractivity contribution is 5.88. The Morgan fingerprint density at radius 2 is 2.33 bits per heavy atom. The van der Waals surface area contributed by atoms with Gasteiger partial charge in [0.1, 0.15) is 0 Å². The summed E-state index contributed by atoms with van der Waals surface area (Å²) in [7, 11) is 1.91. The number of aromatic nitrogens is 3. The standard InChI is InChI=1S/C11H16N4/c1-4-8(2)15-11-9(7-14-15)10(12-3)5-6-13-11/h5-8H,4H2,1-3H3,(H,12,13). The van der Waals surface area contributed by atoms with Crippen LogP contribution in [0.15, 0.2) is 18.5 Å². The van der Waals surface area contributed by atoms with Gasteiger partial charge in [-0.3, -0.25) is 0 Å². The molecule has 0 aliphatic heterocycles. The fourth-order valence-corrected chi connectivity index (χ4v) is 1.66. The Kier molecular flexibility index (Phi) is 2.58. The topological polar surface area (TPSA) is 42.7 Å². The minimum Gasteiger partial charge on any atom is -0.387 e. The zero-order valence-electron chi connectivity index (χ0n) is 9.36. The molecule has 1 atom stereocenters. The van der Waals surface area contributed by atoms with Crippen LogP contribution >= 0.6 is 0 Å². The van der Waals surface area contributed by atoms with Crippen LogP contribution in [-0.2, 0) is 0 Å². The molecule has 2 aromatic heterocycles. The predicted molar refractivity (Wildman–Crippen MR) is 62.1 cm³/mol. The Morgan fingerprint density at radius 3 is 3.00 bits per heavy atom. The Morgan fingerprint density at radius 1 is 1.53 bits per heavy atom. The molecular formula is C11H16N4. The van der Waals surface area contributed by atoms with Crippen LogP contribution in [0.2, 0.25) is 0 Å².